The van der Waals surface area contributed by atoms with Crippen LogP contribution in [-0.2, 0) is 9.59 Å². The van der Waals surface area contributed by atoms with Crippen LogP contribution >= 0.6 is 0 Å². The van der Waals surface area contributed by atoms with Crippen LogP contribution in [0.15, 0.2) is 6.20 Å². The fourth-order valence-corrected chi connectivity index (χ4v) is 1.04. The highest BCUT2D eigenvalue weighted by atomic mass is 16.7. The lowest BCUT2D eigenvalue weighted by atomic mass is 10.2. The topological polar surface area (TPSA) is 109 Å². The summed E-state index contributed by atoms with van der Waals surface area (Å²) in [4.78, 5) is 27.9. The number of carbonyl (C=O) groups excluding carboxylic acids is 2. The Morgan fingerprint density at radius 1 is 1.53 bits per heavy atom. The summed E-state index contributed by atoms with van der Waals surface area (Å²) in [6.45, 7) is 0. The summed E-state index contributed by atoms with van der Waals surface area (Å²) in [6.07, 6.45) is 1.37. The molecule has 80 valence electrons. The van der Waals surface area contributed by atoms with Crippen molar-refractivity contribution >= 4 is 11.9 Å². The zero-order valence-corrected chi connectivity index (χ0v) is 7.62. The standard InChI is InChI=1S/C7H8N4O4/c8-4-1-2-6(12)14-5-3-11(10-9-5)15-7(4)13/h3-4H,1-2,8H2/t4-/m1/s1. The Hall–Kier alpha value is -1.96. The molecule has 2 bridgehead atoms. The number of hydrogen-bond donors (Lipinski definition) is 1. The molecular weight excluding hydrogens is 204 g/mol. The molecule has 0 aromatic carbocycles. The molecule has 8 heteroatoms. The van der Waals surface area contributed by atoms with Crippen LogP contribution in [0.4, 0.5) is 0 Å². The number of hydrogen-bond acceptors (Lipinski definition) is 7. The molecule has 2 heterocycles. The first-order chi connectivity index (χ1) is 7.15. The quantitative estimate of drug-likeness (QED) is 0.401. The Morgan fingerprint density at radius 2 is 2.33 bits per heavy atom. The van der Waals surface area contributed by atoms with Crippen LogP contribution in [-0.4, -0.2) is 33.1 Å². The summed E-state index contributed by atoms with van der Waals surface area (Å²) in [5.74, 6) is -1.18. The van der Waals surface area contributed by atoms with E-state index in [2.05, 4.69) is 10.3 Å². The lowest BCUT2D eigenvalue weighted by Gasteiger charge is -2.09. The van der Waals surface area contributed by atoms with E-state index in [-0.39, 0.29) is 18.7 Å². The van der Waals surface area contributed by atoms with Gasteiger partial charge in [-0.3, -0.25) is 4.79 Å². The molecule has 0 amide bonds. The fraction of sp³-hybridized carbons (Fsp3) is 0.429. The summed E-state index contributed by atoms with van der Waals surface area (Å²) in [5.41, 5.74) is 5.46. The largest absolute Gasteiger partial charge is 0.404 e. The van der Waals surface area contributed by atoms with Crippen molar-refractivity contribution < 1.29 is 19.2 Å². The molecule has 1 aromatic heterocycles. The minimum absolute atomic E-state index is 0.0109. The van der Waals surface area contributed by atoms with Gasteiger partial charge in [0.05, 0.1) is 0 Å². The number of fused-ring (bicyclic) bond motifs is 2. The van der Waals surface area contributed by atoms with Gasteiger partial charge in [-0.05, 0) is 11.6 Å². The minimum Gasteiger partial charge on any atom is -0.404 e. The number of rotatable bonds is 0. The van der Waals surface area contributed by atoms with Crippen LogP contribution in [0.2, 0.25) is 0 Å². The highest BCUT2D eigenvalue weighted by Gasteiger charge is 2.21. The van der Waals surface area contributed by atoms with Crippen molar-refractivity contribution in [2.24, 2.45) is 5.73 Å². The molecule has 1 aromatic rings. The zero-order chi connectivity index (χ0) is 10.8. The first kappa shape index (κ1) is 9.59. The predicted octanol–water partition coefficient (Wildman–Crippen LogP) is -1.74. The van der Waals surface area contributed by atoms with E-state index in [0.29, 0.717) is 0 Å². The van der Waals surface area contributed by atoms with E-state index in [1.165, 1.54) is 6.20 Å². The Labute approximate surface area is 83.9 Å². The van der Waals surface area contributed by atoms with Gasteiger partial charge in [-0.25, -0.2) is 4.79 Å². The molecule has 8 nitrogen and oxygen atoms in total. The smallest absolute Gasteiger partial charge is 0.351 e. The summed E-state index contributed by atoms with van der Waals surface area (Å²) in [5, 5.41) is 6.87. The number of aromatic nitrogens is 3. The van der Waals surface area contributed by atoms with Crippen LogP contribution < -0.4 is 15.3 Å². The molecule has 0 aliphatic carbocycles. The summed E-state index contributed by atoms with van der Waals surface area (Å²) >= 11 is 0. The number of carbonyl (C=O) groups is 2. The Balaban J connectivity index is 2.25. The molecule has 0 saturated carbocycles. The van der Waals surface area contributed by atoms with Crippen molar-refractivity contribution in [1.82, 2.24) is 15.2 Å². The van der Waals surface area contributed by atoms with Crippen LogP contribution in [0.1, 0.15) is 12.8 Å². The highest BCUT2D eigenvalue weighted by molar-refractivity contribution is 5.78. The van der Waals surface area contributed by atoms with Gasteiger partial charge < -0.3 is 15.3 Å². The first-order valence-corrected chi connectivity index (χ1v) is 4.26. The molecule has 1 atom stereocenters. The van der Waals surface area contributed by atoms with Gasteiger partial charge in [0.15, 0.2) is 0 Å². The highest BCUT2D eigenvalue weighted by Crippen LogP contribution is 2.07. The summed E-state index contributed by atoms with van der Waals surface area (Å²) in [6, 6.07) is -0.872. The van der Waals surface area contributed by atoms with Gasteiger partial charge in [-0.2, -0.15) is 0 Å². The lowest BCUT2D eigenvalue weighted by molar-refractivity contribution is -0.148. The van der Waals surface area contributed by atoms with E-state index < -0.39 is 18.0 Å². The Kier molecular flexibility index (Phi) is 2.34. The second kappa shape index (κ2) is 3.65. The Morgan fingerprint density at radius 3 is 3.13 bits per heavy atom. The first-order valence-electron chi connectivity index (χ1n) is 4.26. The van der Waals surface area contributed by atoms with Crippen molar-refractivity contribution in [3.05, 3.63) is 6.20 Å². The predicted molar refractivity (Wildman–Crippen MR) is 44.5 cm³/mol. The molecule has 0 unspecified atom stereocenters. The van der Waals surface area contributed by atoms with E-state index in [1.54, 1.807) is 0 Å². The van der Waals surface area contributed by atoms with Crippen LogP contribution in [0.5, 0.6) is 5.88 Å². The molecule has 2 N–H and O–H groups in total. The van der Waals surface area contributed by atoms with E-state index in [1.807, 2.05) is 0 Å². The van der Waals surface area contributed by atoms with Gasteiger partial charge in [0.25, 0.3) is 5.88 Å². The van der Waals surface area contributed by atoms with Crippen LogP contribution in [0.3, 0.4) is 0 Å². The summed E-state index contributed by atoms with van der Waals surface area (Å²) in [7, 11) is 0. The van der Waals surface area contributed by atoms with E-state index in [9.17, 15) is 9.59 Å². The molecule has 1 aliphatic heterocycles. The normalized spacial score (nSPS) is 21.8. The van der Waals surface area contributed by atoms with E-state index in [0.717, 1.165) is 4.85 Å². The number of nitrogens with two attached hydrogens (primary N) is 1. The summed E-state index contributed by atoms with van der Waals surface area (Å²) < 4.78 is 4.77. The van der Waals surface area contributed by atoms with Crippen molar-refractivity contribution in [1.29, 1.82) is 0 Å². The maximum Gasteiger partial charge on any atom is 0.351 e. The van der Waals surface area contributed by atoms with Gasteiger partial charge in [0.2, 0.25) is 0 Å². The molecule has 0 radical (unpaired) electrons. The molecule has 0 spiro atoms. The van der Waals surface area contributed by atoms with Gasteiger partial charge in [-0.15, -0.1) is 0 Å². The Bertz CT molecular complexity index is 401. The van der Waals surface area contributed by atoms with E-state index in [4.69, 9.17) is 15.3 Å². The average molecular weight is 212 g/mol. The molecule has 1 aliphatic rings. The van der Waals surface area contributed by atoms with Crippen molar-refractivity contribution in [2.75, 3.05) is 0 Å². The lowest BCUT2D eigenvalue weighted by Crippen LogP contribution is -2.38. The van der Waals surface area contributed by atoms with Gasteiger partial charge >= 0.3 is 11.9 Å². The number of esters is 1. The van der Waals surface area contributed by atoms with Gasteiger partial charge in [-0.1, -0.05) is 9.94 Å². The molecule has 2 rings (SSSR count). The second-order valence-electron chi connectivity index (χ2n) is 2.99. The van der Waals surface area contributed by atoms with Crippen molar-refractivity contribution in [2.45, 2.75) is 18.9 Å². The minimum atomic E-state index is -0.872. The zero-order valence-electron chi connectivity index (χ0n) is 7.62. The molecular formula is C7H8N4O4. The number of nitrogens with zero attached hydrogens (tertiary/aromatic N) is 3. The van der Waals surface area contributed by atoms with E-state index >= 15 is 0 Å². The SMILES string of the molecule is N[C@@H]1CCC(=O)Oc2cn(nn2)OC1=O. The van der Waals surface area contributed by atoms with Crippen LogP contribution in [0, 0.1) is 0 Å². The number of ether oxygens (including phenoxy) is 1. The molecule has 15 heavy (non-hydrogen) atoms. The fourth-order valence-electron chi connectivity index (χ4n) is 1.04. The second-order valence-corrected chi connectivity index (χ2v) is 2.99. The third-order valence-corrected chi connectivity index (χ3v) is 1.82. The van der Waals surface area contributed by atoms with Gasteiger partial charge in [0.1, 0.15) is 12.2 Å². The van der Waals surface area contributed by atoms with Gasteiger partial charge in [0, 0.05) is 6.42 Å². The van der Waals surface area contributed by atoms with Crippen LogP contribution in [0.25, 0.3) is 0 Å². The van der Waals surface area contributed by atoms with Crippen molar-refractivity contribution in [3.63, 3.8) is 0 Å². The molecule has 0 saturated heterocycles. The molecule has 0 fully saturated rings. The maximum absolute atomic E-state index is 11.3. The third-order valence-electron chi connectivity index (χ3n) is 1.82. The maximum atomic E-state index is 11.3. The monoisotopic (exact) mass is 212 g/mol. The third kappa shape index (κ3) is 2.10. The van der Waals surface area contributed by atoms with Crippen molar-refractivity contribution in [3.8, 4) is 5.88 Å². The average Bonchev–Trinajstić information content (AvgIpc) is 2.60.